The Bertz CT molecular complexity index is 1560. The molecular weight excluding hydrogens is 448 g/mol. The van der Waals surface area contributed by atoms with Gasteiger partial charge in [-0.3, -0.25) is 14.9 Å². The molecule has 8 nitrogen and oxygen atoms in total. The quantitative estimate of drug-likeness (QED) is 0.449. The number of rotatable bonds is 3. The van der Waals surface area contributed by atoms with Gasteiger partial charge in [0.05, 0.1) is 22.4 Å². The Labute approximate surface area is 198 Å². The van der Waals surface area contributed by atoms with Gasteiger partial charge in [-0.15, -0.1) is 11.3 Å². The van der Waals surface area contributed by atoms with Crippen LogP contribution in [0.1, 0.15) is 17.7 Å². The van der Waals surface area contributed by atoms with Gasteiger partial charge in [0.15, 0.2) is 0 Å². The summed E-state index contributed by atoms with van der Waals surface area (Å²) in [5.74, 6) is -0.236. The van der Waals surface area contributed by atoms with Crippen LogP contribution in [0.4, 0.5) is 5.95 Å². The summed E-state index contributed by atoms with van der Waals surface area (Å²) >= 11 is 1.56. The highest BCUT2D eigenvalue weighted by Gasteiger charge is 2.36. The summed E-state index contributed by atoms with van der Waals surface area (Å²) in [7, 11) is 0. The summed E-state index contributed by atoms with van der Waals surface area (Å²) < 4.78 is 0. The fourth-order valence-electron chi connectivity index (χ4n) is 5.20. The first kappa shape index (κ1) is 19.5. The topological polar surface area (TPSA) is 94.2 Å². The number of H-pyrrole nitrogens is 1. The molecular formula is C25H20N6O2S. The van der Waals surface area contributed by atoms with Crippen molar-refractivity contribution in [2.75, 3.05) is 24.5 Å². The molecule has 1 fully saturated rings. The molecule has 1 aromatic carbocycles. The Morgan fingerprint density at radius 2 is 1.88 bits per heavy atom. The lowest BCUT2D eigenvalue weighted by Crippen LogP contribution is -2.49. The van der Waals surface area contributed by atoms with Gasteiger partial charge in [-0.05, 0) is 30.1 Å². The fraction of sp³-hybridized carbons (Fsp3) is 0.200. The SMILES string of the molecule is O=C1NC(=O)C(c2c[nH]c3sccc23)=C1c1nc(N2CCN3C=CC[C@H]3C2)nc2ccccc12. The zero-order valence-electron chi connectivity index (χ0n) is 18.1. The van der Waals surface area contributed by atoms with Crippen LogP contribution in [0.15, 0.2) is 54.2 Å². The number of carbonyl (C=O) groups is 2. The maximum absolute atomic E-state index is 13.2. The standard InChI is InChI=1S/C25H20N6O2S/c32-22-19(17-12-26-24-15(17)7-11-34-24)20(23(33)29-22)21-16-5-1-2-6-18(16)27-25(28-21)31-10-9-30-8-3-4-14(30)13-31/h1-3,5-8,11-12,14,26H,4,9-10,13H2,(H,29,32,33)/t14-/m0/s1. The lowest BCUT2D eigenvalue weighted by Gasteiger charge is -2.38. The van der Waals surface area contributed by atoms with Crippen molar-refractivity contribution in [3.63, 3.8) is 0 Å². The van der Waals surface area contributed by atoms with Crippen LogP contribution in [0.25, 0.3) is 32.3 Å². The molecule has 2 amide bonds. The van der Waals surface area contributed by atoms with Crippen molar-refractivity contribution in [1.82, 2.24) is 25.2 Å². The largest absolute Gasteiger partial charge is 0.371 e. The number of carbonyl (C=O) groups excluding carboxylic acids is 2. The minimum absolute atomic E-state index is 0.304. The Kier molecular flexibility index (Phi) is 4.16. The molecule has 0 radical (unpaired) electrons. The van der Waals surface area contributed by atoms with E-state index in [1.807, 2.05) is 35.7 Å². The lowest BCUT2D eigenvalue weighted by atomic mass is 9.97. The van der Waals surface area contributed by atoms with Gasteiger partial charge in [-0.25, -0.2) is 9.97 Å². The number of amides is 2. The molecule has 3 aliphatic heterocycles. The first-order chi connectivity index (χ1) is 16.7. The number of fused-ring (bicyclic) bond motifs is 3. The van der Waals surface area contributed by atoms with Gasteiger partial charge in [-0.2, -0.15) is 0 Å². The number of nitrogens with one attached hydrogen (secondary N) is 2. The monoisotopic (exact) mass is 468 g/mol. The fourth-order valence-corrected chi connectivity index (χ4v) is 5.97. The second-order valence-electron chi connectivity index (χ2n) is 8.75. The molecule has 0 saturated carbocycles. The summed E-state index contributed by atoms with van der Waals surface area (Å²) in [6.45, 7) is 2.51. The van der Waals surface area contributed by atoms with Gasteiger partial charge in [0, 0.05) is 48.2 Å². The summed E-state index contributed by atoms with van der Waals surface area (Å²) in [4.78, 5) is 44.7. The lowest BCUT2D eigenvalue weighted by molar-refractivity contribution is -0.122. The molecule has 34 heavy (non-hydrogen) atoms. The molecule has 9 heteroatoms. The molecule has 0 spiro atoms. The Balaban J connectivity index is 1.43. The van der Waals surface area contributed by atoms with E-state index in [1.54, 1.807) is 17.5 Å². The average molecular weight is 469 g/mol. The third-order valence-corrected chi connectivity index (χ3v) is 7.69. The molecule has 3 aromatic heterocycles. The van der Waals surface area contributed by atoms with Gasteiger partial charge in [0.25, 0.3) is 11.8 Å². The van der Waals surface area contributed by atoms with Crippen molar-refractivity contribution in [2.45, 2.75) is 12.5 Å². The zero-order valence-corrected chi connectivity index (χ0v) is 18.9. The third-order valence-electron chi connectivity index (χ3n) is 6.85. The Hall–Kier alpha value is -3.98. The number of imide groups is 1. The second kappa shape index (κ2) is 7.26. The number of nitrogens with zero attached hydrogens (tertiary/aromatic N) is 4. The highest BCUT2D eigenvalue weighted by atomic mass is 32.1. The zero-order chi connectivity index (χ0) is 22.8. The number of benzene rings is 1. The minimum Gasteiger partial charge on any atom is -0.371 e. The molecule has 6 heterocycles. The van der Waals surface area contributed by atoms with E-state index in [0.717, 1.165) is 47.2 Å². The van der Waals surface area contributed by atoms with Gasteiger partial charge in [0.2, 0.25) is 5.95 Å². The molecule has 7 rings (SSSR count). The molecule has 2 N–H and O–H groups in total. The highest BCUT2D eigenvalue weighted by Crippen LogP contribution is 2.38. The van der Waals surface area contributed by atoms with Crippen molar-refractivity contribution < 1.29 is 9.59 Å². The molecule has 0 aliphatic carbocycles. The van der Waals surface area contributed by atoms with Crippen molar-refractivity contribution in [3.8, 4) is 0 Å². The predicted octanol–water partition coefficient (Wildman–Crippen LogP) is 3.15. The van der Waals surface area contributed by atoms with Gasteiger partial charge >= 0.3 is 0 Å². The van der Waals surface area contributed by atoms with E-state index in [4.69, 9.17) is 9.97 Å². The van der Waals surface area contributed by atoms with E-state index in [1.165, 1.54) is 0 Å². The van der Waals surface area contributed by atoms with Gasteiger partial charge < -0.3 is 14.8 Å². The number of aromatic nitrogens is 3. The maximum atomic E-state index is 13.2. The molecule has 4 aromatic rings. The molecule has 3 aliphatic rings. The van der Waals surface area contributed by atoms with Crippen LogP contribution in [-0.2, 0) is 9.59 Å². The molecule has 168 valence electrons. The van der Waals surface area contributed by atoms with E-state index in [-0.39, 0.29) is 0 Å². The first-order valence-electron chi connectivity index (χ1n) is 11.3. The number of hydrogen-bond donors (Lipinski definition) is 2. The van der Waals surface area contributed by atoms with E-state index in [2.05, 4.69) is 32.4 Å². The van der Waals surface area contributed by atoms with E-state index in [0.29, 0.717) is 34.4 Å². The minimum atomic E-state index is -0.427. The first-order valence-corrected chi connectivity index (χ1v) is 12.1. The van der Waals surface area contributed by atoms with Crippen molar-refractivity contribution in [2.24, 2.45) is 0 Å². The van der Waals surface area contributed by atoms with Crippen LogP contribution in [0, 0.1) is 0 Å². The van der Waals surface area contributed by atoms with Crippen LogP contribution in [0.2, 0.25) is 0 Å². The molecule has 0 unspecified atom stereocenters. The van der Waals surface area contributed by atoms with Crippen LogP contribution in [-0.4, -0.2) is 57.3 Å². The van der Waals surface area contributed by atoms with Crippen LogP contribution < -0.4 is 10.2 Å². The number of piperazine rings is 1. The average Bonchev–Trinajstić information content (AvgIpc) is 3.62. The highest BCUT2D eigenvalue weighted by molar-refractivity contribution is 7.16. The molecule has 0 bridgehead atoms. The second-order valence-corrected chi connectivity index (χ2v) is 9.66. The van der Waals surface area contributed by atoms with Gasteiger partial charge in [-0.1, -0.05) is 24.3 Å². The summed E-state index contributed by atoms with van der Waals surface area (Å²) in [6, 6.07) is 10.0. The van der Waals surface area contributed by atoms with Crippen LogP contribution >= 0.6 is 11.3 Å². The van der Waals surface area contributed by atoms with Crippen molar-refractivity contribution in [3.05, 3.63) is 65.4 Å². The van der Waals surface area contributed by atoms with E-state index < -0.39 is 11.8 Å². The van der Waals surface area contributed by atoms with E-state index in [9.17, 15) is 9.59 Å². The van der Waals surface area contributed by atoms with Crippen molar-refractivity contribution >= 4 is 61.4 Å². The van der Waals surface area contributed by atoms with Gasteiger partial charge in [0.1, 0.15) is 4.83 Å². The Morgan fingerprint density at radius 3 is 2.82 bits per heavy atom. The van der Waals surface area contributed by atoms with Crippen LogP contribution in [0.5, 0.6) is 0 Å². The van der Waals surface area contributed by atoms with Crippen molar-refractivity contribution in [1.29, 1.82) is 0 Å². The van der Waals surface area contributed by atoms with Crippen LogP contribution in [0.3, 0.4) is 0 Å². The number of para-hydroxylation sites is 1. The summed E-state index contributed by atoms with van der Waals surface area (Å²) in [5, 5.41) is 6.14. The third kappa shape index (κ3) is 2.83. The number of anilines is 1. The smallest absolute Gasteiger partial charge is 0.261 e. The summed E-state index contributed by atoms with van der Waals surface area (Å²) in [6.07, 6.45) is 7.18. The number of thiophene rings is 1. The normalized spacial score (nSPS) is 20.2. The number of hydrogen-bond acceptors (Lipinski definition) is 7. The maximum Gasteiger partial charge on any atom is 0.261 e. The van der Waals surface area contributed by atoms with E-state index >= 15 is 0 Å². The molecule has 1 atom stereocenters. The summed E-state index contributed by atoms with van der Waals surface area (Å²) in [5.41, 5.74) is 2.62. The Morgan fingerprint density at radius 1 is 1.00 bits per heavy atom. The number of aromatic amines is 1. The molecule has 1 saturated heterocycles. The predicted molar refractivity (Wildman–Crippen MR) is 132 cm³/mol.